The van der Waals surface area contributed by atoms with Gasteiger partial charge in [0.2, 0.25) is 17.6 Å². The van der Waals surface area contributed by atoms with Gasteiger partial charge >= 0.3 is 0 Å². The van der Waals surface area contributed by atoms with Crippen LogP contribution in [-0.4, -0.2) is 65.7 Å². The number of carbonyl (C=O) groups excluding carboxylic acids is 3. The summed E-state index contributed by atoms with van der Waals surface area (Å²) in [7, 11) is 2.82. The molecule has 4 aromatic rings. The Labute approximate surface area is 295 Å². The van der Waals surface area contributed by atoms with Crippen LogP contribution in [0, 0.1) is 0 Å². The van der Waals surface area contributed by atoms with Gasteiger partial charge in [-0.1, -0.05) is 72.8 Å². The zero-order valence-electron chi connectivity index (χ0n) is 27.7. The lowest BCUT2D eigenvalue weighted by molar-refractivity contribution is -0.134. The normalized spacial score (nSPS) is 15.6. The summed E-state index contributed by atoms with van der Waals surface area (Å²) in [5.74, 6) is -1.60. The molecule has 4 aromatic carbocycles. The Balaban J connectivity index is 1.46. The second-order valence-corrected chi connectivity index (χ2v) is 12.5. The van der Waals surface area contributed by atoms with E-state index >= 15 is 0 Å². The van der Waals surface area contributed by atoms with E-state index in [0.29, 0.717) is 17.7 Å². The van der Waals surface area contributed by atoms with E-state index in [0.717, 1.165) is 28.5 Å². The molecule has 1 heterocycles. The van der Waals surface area contributed by atoms with E-state index in [1.807, 2.05) is 72.8 Å². The smallest absolute Gasteiger partial charge is 0.267 e. The number of nitrogens with one attached hydrogen (secondary N) is 1. The second kappa shape index (κ2) is 16.7. The molecule has 6 N–H and O–H groups in total. The van der Waals surface area contributed by atoms with E-state index in [2.05, 4.69) is 5.32 Å². The minimum absolute atomic E-state index is 0.156. The largest absolute Gasteiger partial charge is 0.502 e. The molecule has 0 aromatic heterocycles. The number of hydrogen-bond donors (Lipinski definition) is 4. The molecule has 1 saturated heterocycles. The van der Waals surface area contributed by atoms with Crippen molar-refractivity contribution in [2.75, 3.05) is 20.8 Å². The first-order chi connectivity index (χ1) is 24.2. The minimum Gasteiger partial charge on any atom is -0.502 e. The number of methoxy groups -OCH3 is 2. The van der Waals surface area contributed by atoms with Gasteiger partial charge in [-0.2, -0.15) is 0 Å². The number of nitrogens with zero attached hydrogens (tertiary/aromatic N) is 2. The maximum absolute atomic E-state index is 14.2. The number of aliphatic imine (C=N–C) groups is 1. The number of primary amides is 1. The molecule has 1 aliphatic heterocycles. The number of para-hydroxylation sites is 1. The molecule has 5 rings (SSSR count). The van der Waals surface area contributed by atoms with E-state index in [9.17, 15) is 19.5 Å². The highest BCUT2D eigenvalue weighted by Gasteiger charge is 2.42. The first kappa shape index (κ1) is 35.7. The molecule has 0 saturated carbocycles. The van der Waals surface area contributed by atoms with E-state index in [1.54, 1.807) is 30.3 Å². The van der Waals surface area contributed by atoms with Crippen LogP contribution < -0.4 is 26.3 Å². The fourth-order valence-corrected chi connectivity index (χ4v) is 6.52. The summed E-state index contributed by atoms with van der Waals surface area (Å²) in [6, 6.07) is 27.7. The van der Waals surface area contributed by atoms with Crippen LogP contribution in [0.5, 0.6) is 17.2 Å². The van der Waals surface area contributed by atoms with Gasteiger partial charge in [0, 0.05) is 6.42 Å². The Hall–Kier alpha value is -5.59. The van der Waals surface area contributed by atoms with E-state index in [-0.39, 0.29) is 46.7 Å². The van der Waals surface area contributed by atoms with Crippen molar-refractivity contribution in [2.24, 2.45) is 16.5 Å². The van der Waals surface area contributed by atoms with Gasteiger partial charge in [-0.15, -0.1) is 0 Å². The van der Waals surface area contributed by atoms with E-state index in [1.165, 1.54) is 19.1 Å². The fourth-order valence-electron chi connectivity index (χ4n) is 5.48. The summed E-state index contributed by atoms with van der Waals surface area (Å²) in [5, 5.41) is 13.5. The van der Waals surface area contributed by atoms with Gasteiger partial charge in [0.05, 0.1) is 24.8 Å². The summed E-state index contributed by atoms with van der Waals surface area (Å²) in [5.41, 5.74) is 15.6. The predicted octanol–water partition coefficient (Wildman–Crippen LogP) is 5.00. The molecule has 3 amide bonds. The lowest BCUT2D eigenvalue weighted by Crippen LogP contribution is -2.54. The number of benzene rings is 4. The Kier molecular flexibility index (Phi) is 11.9. The zero-order valence-corrected chi connectivity index (χ0v) is 28.6. The third kappa shape index (κ3) is 8.52. The van der Waals surface area contributed by atoms with Gasteiger partial charge in [-0.25, -0.2) is 4.99 Å². The Bertz CT molecular complexity index is 1860. The molecule has 0 aliphatic carbocycles. The molecule has 258 valence electrons. The van der Waals surface area contributed by atoms with Crippen molar-refractivity contribution in [3.63, 3.8) is 0 Å². The molecule has 2 atom stereocenters. The molecule has 11 nitrogen and oxygen atoms in total. The van der Waals surface area contributed by atoms with Crippen LogP contribution in [0.3, 0.4) is 0 Å². The predicted molar refractivity (Wildman–Crippen MR) is 196 cm³/mol. The molecular formula is C38H39N5O6S. The highest BCUT2D eigenvalue weighted by Crippen LogP contribution is 2.40. The number of amides is 3. The van der Waals surface area contributed by atoms with Crippen LogP contribution >= 0.6 is 11.8 Å². The standard InChI is InChI=1S/C38H39N5O6S/c1-48-31-21-25(22-32(49-2)34(31)44)23-33-37(47)43(38(50-33)41-28-12-7-4-8-13-28)30(14-9-19-39)36(46)42-29(35(40)45)20-24-15-17-27(18-16-24)26-10-5-3-6-11-26/h3-8,10-13,15-18,21-23,29-30,44H,9,14,19-20,39H2,1-2H3,(H2,40,45)(H,42,46)/b33-23-,41-38?. The second-order valence-electron chi connectivity index (χ2n) is 11.5. The summed E-state index contributed by atoms with van der Waals surface area (Å²) < 4.78 is 10.6. The molecule has 1 fully saturated rings. The van der Waals surface area contributed by atoms with Crippen molar-refractivity contribution in [1.29, 1.82) is 0 Å². The van der Waals surface area contributed by atoms with Crippen LogP contribution in [0.2, 0.25) is 0 Å². The third-order valence-corrected chi connectivity index (χ3v) is 9.06. The van der Waals surface area contributed by atoms with Gasteiger partial charge < -0.3 is 31.4 Å². The van der Waals surface area contributed by atoms with Crippen molar-refractivity contribution in [3.05, 3.63) is 113 Å². The number of ether oxygens (including phenoxy) is 2. The average molecular weight is 694 g/mol. The number of phenolic OH excluding ortho intramolecular Hbond substituents is 1. The summed E-state index contributed by atoms with van der Waals surface area (Å²) >= 11 is 1.09. The molecule has 2 unspecified atom stereocenters. The lowest BCUT2D eigenvalue weighted by Gasteiger charge is -2.28. The SMILES string of the molecule is COc1cc(/C=C2\SC(=Nc3ccccc3)N(C(CCCN)C(=O)NC(Cc3ccc(-c4ccccc4)cc3)C(N)=O)C2=O)cc(OC)c1O. The van der Waals surface area contributed by atoms with Crippen LogP contribution in [0.1, 0.15) is 24.0 Å². The summed E-state index contributed by atoms with van der Waals surface area (Å²) in [4.78, 5) is 47.3. The zero-order chi connectivity index (χ0) is 35.6. The molecule has 50 heavy (non-hydrogen) atoms. The average Bonchev–Trinajstić information content (AvgIpc) is 3.42. The van der Waals surface area contributed by atoms with Crippen LogP contribution in [0.15, 0.2) is 107 Å². The summed E-state index contributed by atoms with van der Waals surface area (Å²) in [6.07, 6.45) is 2.39. The number of nitrogens with two attached hydrogens (primary N) is 2. The first-order valence-corrected chi connectivity index (χ1v) is 16.8. The summed E-state index contributed by atoms with van der Waals surface area (Å²) in [6.45, 7) is 0.271. The van der Waals surface area contributed by atoms with Crippen molar-refractivity contribution in [2.45, 2.75) is 31.3 Å². The van der Waals surface area contributed by atoms with Crippen molar-refractivity contribution in [3.8, 4) is 28.4 Å². The molecular weight excluding hydrogens is 655 g/mol. The van der Waals surface area contributed by atoms with Crippen LogP contribution in [-0.2, 0) is 20.8 Å². The fraction of sp³-hybridized carbons (Fsp3) is 0.211. The third-order valence-electron chi connectivity index (χ3n) is 8.07. The van der Waals surface area contributed by atoms with E-state index in [4.69, 9.17) is 25.9 Å². The van der Waals surface area contributed by atoms with Gasteiger partial charge in [0.15, 0.2) is 16.7 Å². The Morgan fingerprint density at radius 3 is 2.12 bits per heavy atom. The van der Waals surface area contributed by atoms with Gasteiger partial charge in [-0.05, 0) is 83.7 Å². The molecule has 12 heteroatoms. The van der Waals surface area contributed by atoms with Crippen molar-refractivity contribution < 1.29 is 29.0 Å². The van der Waals surface area contributed by atoms with Gasteiger partial charge in [0.25, 0.3) is 5.91 Å². The monoisotopic (exact) mass is 693 g/mol. The quantitative estimate of drug-likeness (QED) is 0.134. The highest BCUT2D eigenvalue weighted by molar-refractivity contribution is 8.18. The number of rotatable bonds is 14. The van der Waals surface area contributed by atoms with Crippen molar-refractivity contribution >= 4 is 46.4 Å². The van der Waals surface area contributed by atoms with Gasteiger partial charge in [0.1, 0.15) is 12.1 Å². The Morgan fingerprint density at radius 1 is 0.940 bits per heavy atom. The molecule has 0 spiro atoms. The maximum atomic E-state index is 14.2. The molecule has 0 radical (unpaired) electrons. The van der Waals surface area contributed by atoms with Gasteiger partial charge in [-0.3, -0.25) is 19.3 Å². The van der Waals surface area contributed by atoms with Crippen LogP contribution in [0.25, 0.3) is 17.2 Å². The minimum atomic E-state index is -1.06. The van der Waals surface area contributed by atoms with E-state index < -0.39 is 29.8 Å². The number of phenols is 1. The molecule has 1 aliphatic rings. The first-order valence-electron chi connectivity index (χ1n) is 16.0. The topological polar surface area (TPSA) is 170 Å². The number of carbonyl (C=O) groups is 3. The maximum Gasteiger partial charge on any atom is 0.267 e. The highest BCUT2D eigenvalue weighted by atomic mass is 32.2. The number of thioether (sulfide) groups is 1. The number of amidine groups is 1. The van der Waals surface area contributed by atoms with Crippen molar-refractivity contribution in [1.82, 2.24) is 10.2 Å². The number of aromatic hydroxyl groups is 1. The van der Waals surface area contributed by atoms with Crippen LogP contribution in [0.4, 0.5) is 5.69 Å². The lowest BCUT2D eigenvalue weighted by atomic mass is 10.00. The molecule has 0 bridgehead atoms. The Morgan fingerprint density at radius 2 is 1.54 bits per heavy atom. The number of hydrogen-bond acceptors (Lipinski definition) is 9.